The Morgan fingerprint density at radius 3 is 2.77 bits per heavy atom. The highest BCUT2D eigenvalue weighted by atomic mass is 79.9. The maximum atomic E-state index is 11.2. The lowest BCUT2D eigenvalue weighted by atomic mass is 9.85. The lowest BCUT2D eigenvalue weighted by molar-refractivity contribution is -0.0642. The zero-order valence-electron chi connectivity index (χ0n) is 12.5. The highest BCUT2D eigenvalue weighted by molar-refractivity contribution is 9.10. The van der Waals surface area contributed by atoms with Gasteiger partial charge in [0.1, 0.15) is 12.2 Å². The van der Waals surface area contributed by atoms with Gasteiger partial charge in [0, 0.05) is 16.1 Å². The van der Waals surface area contributed by atoms with Crippen LogP contribution in [0.5, 0.6) is 11.5 Å². The minimum absolute atomic E-state index is 0.151. The molecule has 0 amide bonds. The molecule has 1 saturated carbocycles. The molecule has 0 spiro atoms. The summed E-state index contributed by atoms with van der Waals surface area (Å²) in [7, 11) is 1.60. The molecule has 0 radical (unpaired) electrons. The maximum Gasteiger partial charge on any atom is 0.161 e. The van der Waals surface area contributed by atoms with Crippen molar-refractivity contribution in [1.82, 2.24) is 4.98 Å². The van der Waals surface area contributed by atoms with E-state index in [1.807, 2.05) is 18.2 Å². The van der Waals surface area contributed by atoms with Gasteiger partial charge in [-0.25, -0.2) is 0 Å². The summed E-state index contributed by atoms with van der Waals surface area (Å²) in [5.41, 5.74) is 0.570. The van der Waals surface area contributed by atoms with Crippen LogP contribution < -0.4 is 9.47 Å². The number of nitrogens with zero attached hydrogens (tertiary/aromatic N) is 1. The van der Waals surface area contributed by atoms with Gasteiger partial charge < -0.3 is 14.6 Å². The third-order valence-electron chi connectivity index (χ3n) is 4.40. The number of halogens is 1. The molecule has 0 bridgehead atoms. The van der Waals surface area contributed by atoms with E-state index in [1.165, 1.54) is 11.3 Å². The Morgan fingerprint density at radius 2 is 2.18 bits per heavy atom. The fraction of sp³-hybridized carbons (Fsp3) is 0.438. The highest BCUT2D eigenvalue weighted by Gasteiger charge is 2.57. The normalized spacial score (nSPS) is 18.5. The van der Waals surface area contributed by atoms with Crippen LogP contribution in [-0.4, -0.2) is 23.8 Å². The molecule has 1 heterocycles. The predicted molar refractivity (Wildman–Crippen MR) is 89.5 cm³/mol. The Hall–Kier alpha value is -1.11. The summed E-state index contributed by atoms with van der Waals surface area (Å²) < 4.78 is 12.2. The zero-order valence-corrected chi connectivity index (χ0v) is 14.9. The van der Waals surface area contributed by atoms with Crippen molar-refractivity contribution >= 4 is 27.3 Å². The van der Waals surface area contributed by atoms with Gasteiger partial charge in [0.05, 0.1) is 17.5 Å². The number of rotatable bonds is 6. The Morgan fingerprint density at radius 1 is 1.41 bits per heavy atom. The Labute approximate surface area is 142 Å². The Kier molecular flexibility index (Phi) is 4.18. The molecule has 0 saturated heterocycles. The molecule has 1 atom stereocenters. The number of aliphatic hydroxyl groups is 1. The molecule has 4 nitrogen and oxygen atoms in total. The Balaban J connectivity index is 1.84. The van der Waals surface area contributed by atoms with Crippen LogP contribution in [0.25, 0.3) is 0 Å². The lowest BCUT2D eigenvalue weighted by Crippen LogP contribution is -2.40. The van der Waals surface area contributed by atoms with Gasteiger partial charge in [-0.05, 0) is 31.0 Å². The predicted octanol–water partition coefficient (Wildman–Crippen LogP) is 3.98. The van der Waals surface area contributed by atoms with Crippen LogP contribution in [0.15, 0.2) is 34.4 Å². The van der Waals surface area contributed by atoms with E-state index in [1.54, 1.807) is 18.8 Å². The number of aromatic nitrogens is 1. The lowest BCUT2D eigenvalue weighted by Gasteiger charge is -2.33. The Bertz CT molecular complexity index is 657. The second-order valence-corrected chi connectivity index (χ2v) is 7.67. The minimum Gasteiger partial charge on any atom is -0.493 e. The van der Waals surface area contributed by atoms with Crippen molar-refractivity contribution in [2.24, 2.45) is 5.41 Å². The SMILES string of the molecule is COc1cc(Br)ccc1OCC(O)(c1cncs1)C1(C)CC1. The molecule has 1 aromatic carbocycles. The smallest absolute Gasteiger partial charge is 0.161 e. The number of ether oxygens (including phenoxy) is 2. The molecule has 3 rings (SSSR count). The van der Waals surface area contributed by atoms with Crippen LogP contribution in [0.4, 0.5) is 0 Å². The first-order valence-corrected chi connectivity index (χ1v) is 8.73. The van der Waals surface area contributed by atoms with Crippen molar-refractivity contribution in [3.05, 3.63) is 39.3 Å². The molecule has 1 N–H and O–H groups in total. The molecular formula is C16H18BrNO3S. The molecule has 1 aliphatic rings. The molecule has 1 aliphatic carbocycles. The molecule has 22 heavy (non-hydrogen) atoms. The van der Waals surface area contributed by atoms with Gasteiger partial charge in [0.15, 0.2) is 11.5 Å². The average Bonchev–Trinajstić information content (AvgIpc) is 3.05. The number of hydrogen-bond acceptors (Lipinski definition) is 5. The number of benzene rings is 1. The standard InChI is InChI=1S/C16H18BrNO3S/c1-15(5-6-15)16(19,14-8-18-10-22-14)9-21-12-4-3-11(17)7-13(12)20-2/h3-4,7-8,10,19H,5-6,9H2,1-2H3. The van der Waals surface area contributed by atoms with Gasteiger partial charge in [-0.3, -0.25) is 4.98 Å². The van der Waals surface area contributed by atoms with Crippen molar-refractivity contribution in [2.45, 2.75) is 25.4 Å². The fourth-order valence-corrected chi connectivity index (χ4v) is 3.70. The van der Waals surface area contributed by atoms with E-state index < -0.39 is 5.60 Å². The minimum atomic E-state index is -1.02. The summed E-state index contributed by atoms with van der Waals surface area (Å²) in [4.78, 5) is 4.95. The van der Waals surface area contributed by atoms with Gasteiger partial charge in [-0.2, -0.15) is 0 Å². The average molecular weight is 384 g/mol. The van der Waals surface area contributed by atoms with E-state index in [9.17, 15) is 5.11 Å². The summed E-state index contributed by atoms with van der Waals surface area (Å²) in [6, 6.07) is 5.58. The van der Waals surface area contributed by atoms with E-state index in [-0.39, 0.29) is 12.0 Å². The molecule has 2 aromatic rings. The van der Waals surface area contributed by atoms with Crippen LogP contribution in [-0.2, 0) is 5.60 Å². The third-order valence-corrected chi connectivity index (χ3v) is 5.82. The summed E-state index contributed by atoms with van der Waals surface area (Å²) in [5, 5.41) is 11.2. The summed E-state index contributed by atoms with van der Waals surface area (Å²) >= 11 is 4.87. The number of thiazole rings is 1. The molecule has 118 valence electrons. The molecule has 0 aliphatic heterocycles. The van der Waals surface area contributed by atoms with Crippen LogP contribution in [0.2, 0.25) is 0 Å². The molecule has 1 unspecified atom stereocenters. The number of methoxy groups -OCH3 is 1. The second kappa shape index (κ2) is 5.83. The number of hydrogen-bond donors (Lipinski definition) is 1. The third kappa shape index (κ3) is 2.75. The summed E-state index contributed by atoms with van der Waals surface area (Å²) in [6.45, 7) is 2.28. The first-order valence-electron chi connectivity index (χ1n) is 7.06. The van der Waals surface area contributed by atoms with Crippen LogP contribution in [0.3, 0.4) is 0 Å². The summed E-state index contributed by atoms with van der Waals surface area (Å²) in [5.74, 6) is 1.26. The van der Waals surface area contributed by atoms with Gasteiger partial charge in [0.2, 0.25) is 0 Å². The van der Waals surface area contributed by atoms with Crippen molar-refractivity contribution in [3.8, 4) is 11.5 Å². The van der Waals surface area contributed by atoms with E-state index in [4.69, 9.17) is 9.47 Å². The zero-order chi connectivity index (χ0) is 15.8. The van der Waals surface area contributed by atoms with Crippen molar-refractivity contribution < 1.29 is 14.6 Å². The monoisotopic (exact) mass is 383 g/mol. The van der Waals surface area contributed by atoms with Gasteiger partial charge in [0.25, 0.3) is 0 Å². The van der Waals surface area contributed by atoms with Crippen LogP contribution in [0, 0.1) is 5.41 Å². The van der Waals surface area contributed by atoms with Crippen molar-refractivity contribution in [3.63, 3.8) is 0 Å². The van der Waals surface area contributed by atoms with E-state index in [0.29, 0.717) is 11.5 Å². The van der Waals surface area contributed by atoms with Crippen molar-refractivity contribution in [1.29, 1.82) is 0 Å². The largest absolute Gasteiger partial charge is 0.493 e. The molecule has 6 heteroatoms. The van der Waals surface area contributed by atoms with Gasteiger partial charge >= 0.3 is 0 Å². The summed E-state index contributed by atoms with van der Waals surface area (Å²) in [6.07, 6.45) is 3.71. The maximum absolute atomic E-state index is 11.2. The first-order chi connectivity index (χ1) is 10.5. The van der Waals surface area contributed by atoms with Crippen LogP contribution >= 0.6 is 27.3 Å². The van der Waals surface area contributed by atoms with E-state index in [2.05, 4.69) is 27.8 Å². The fourth-order valence-electron chi connectivity index (χ4n) is 2.51. The van der Waals surface area contributed by atoms with Crippen LogP contribution in [0.1, 0.15) is 24.6 Å². The van der Waals surface area contributed by atoms with Crippen molar-refractivity contribution in [2.75, 3.05) is 13.7 Å². The van der Waals surface area contributed by atoms with Gasteiger partial charge in [-0.15, -0.1) is 11.3 Å². The van der Waals surface area contributed by atoms with E-state index in [0.717, 1.165) is 22.2 Å². The molecule has 1 fully saturated rings. The molecule has 1 aromatic heterocycles. The quantitative estimate of drug-likeness (QED) is 0.819. The topological polar surface area (TPSA) is 51.6 Å². The molecular weight excluding hydrogens is 366 g/mol. The van der Waals surface area contributed by atoms with Gasteiger partial charge in [-0.1, -0.05) is 22.9 Å². The second-order valence-electron chi connectivity index (χ2n) is 5.87. The van der Waals surface area contributed by atoms with E-state index >= 15 is 0 Å². The highest BCUT2D eigenvalue weighted by Crippen LogP contribution is 2.58. The first kappa shape index (κ1) is 15.8.